The third-order valence-corrected chi connectivity index (χ3v) is 3.69. The second-order valence-electron chi connectivity index (χ2n) is 4.54. The second kappa shape index (κ2) is 4.96. The van der Waals surface area contributed by atoms with Gasteiger partial charge < -0.3 is 5.11 Å². The maximum Gasteiger partial charge on any atom is 0.122 e. The van der Waals surface area contributed by atoms with Gasteiger partial charge >= 0.3 is 0 Å². The van der Waals surface area contributed by atoms with Crippen LogP contribution in [0.3, 0.4) is 0 Å². The molecule has 0 heterocycles. The molecule has 0 aliphatic heterocycles. The normalized spacial score (nSPS) is 10.4. The molecular weight excluding hydrogens is 216 g/mol. The van der Waals surface area contributed by atoms with Crippen LogP contribution in [0.5, 0.6) is 5.75 Å². The summed E-state index contributed by atoms with van der Waals surface area (Å²) in [6.07, 6.45) is 3.00. The lowest BCUT2D eigenvalue weighted by molar-refractivity contribution is 0.464. The number of thiol groups is 1. The fraction of sp³-hybridized carbons (Fsp3) is 0.429. The molecule has 1 aromatic carbocycles. The molecule has 1 nitrogen and oxygen atoms in total. The predicted octanol–water partition coefficient (Wildman–Crippen LogP) is 4.11. The van der Waals surface area contributed by atoms with Crippen LogP contribution in [0.4, 0.5) is 0 Å². The number of hydrogen-bond acceptors (Lipinski definition) is 2. The summed E-state index contributed by atoms with van der Waals surface area (Å²) in [7, 11) is 0. The van der Waals surface area contributed by atoms with E-state index in [0.717, 1.165) is 33.6 Å². The summed E-state index contributed by atoms with van der Waals surface area (Å²) in [4.78, 5) is 1.00. The van der Waals surface area contributed by atoms with Gasteiger partial charge in [-0.25, -0.2) is 0 Å². The molecule has 0 saturated heterocycles. The summed E-state index contributed by atoms with van der Waals surface area (Å²) in [5.41, 5.74) is 5.37. The van der Waals surface area contributed by atoms with Gasteiger partial charge in [0.05, 0.1) is 0 Å². The first-order chi connectivity index (χ1) is 7.36. The first-order valence-electron chi connectivity index (χ1n) is 5.50. The van der Waals surface area contributed by atoms with Crippen LogP contribution in [-0.2, 0) is 6.42 Å². The van der Waals surface area contributed by atoms with Gasteiger partial charge in [0.2, 0.25) is 0 Å². The van der Waals surface area contributed by atoms with Crippen molar-refractivity contribution in [3.8, 4) is 5.75 Å². The molecule has 0 aromatic heterocycles. The highest BCUT2D eigenvalue weighted by Crippen LogP contribution is 2.34. The lowest BCUT2D eigenvalue weighted by Gasteiger charge is -2.15. The molecule has 16 heavy (non-hydrogen) atoms. The molecule has 1 N–H and O–H groups in total. The van der Waals surface area contributed by atoms with E-state index in [2.05, 4.69) is 32.6 Å². The Morgan fingerprint density at radius 3 is 2.19 bits per heavy atom. The summed E-state index contributed by atoms with van der Waals surface area (Å²) in [6.45, 7) is 10.0. The van der Waals surface area contributed by atoms with Crippen LogP contribution in [0.1, 0.15) is 36.1 Å². The first kappa shape index (κ1) is 13.2. The van der Waals surface area contributed by atoms with Crippen molar-refractivity contribution in [2.24, 2.45) is 0 Å². The van der Waals surface area contributed by atoms with Crippen molar-refractivity contribution in [2.75, 3.05) is 0 Å². The molecule has 0 radical (unpaired) electrons. The minimum Gasteiger partial charge on any atom is -0.507 e. The minimum atomic E-state index is 0.410. The van der Waals surface area contributed by atoms with Gasteiger partial charge in [0.15, 0.2) is 0 Å². The smallest absolute Gasteiger partial charge is 0.122 e. The summed E-state index contributed by atoms with van der Waals surface area (Å²) in [5.74, 6) is 0.410. The van der Waals surface area contributed by atoms with Crippen molar-refractivity contribution in [1.29, 1.82) is 0 Å². The molecule has 0 aliphatic carbocycles. The van der Waals surface area contributed by atoms with E-state index < -0.39 is 0 Å². The van der Waals surface area contributed by atoms with Crippen molar-refractivity contribution < 1.29 is 5.11 Å². The van der Waals surface area contributed by atoms with Crippen LogP contribution in [0.25, 0.3) is 0 Å². The van der Waals surface area contributed by atoms with Gasteiger partial charge in [-0.2, -0.15) is 0 Å². The Morgan fingerprint density at radius 1 is 1.12 bits per heavy atom. The van der Waals surface area contributed by atoms with E-state index >= 15 is 0 Å². The molecule has 0 bridgehead atoms. The molecule has 88 valence electrons. The monoisotopic (exact) mass is 236 g/mol. The number of phenolic OH excluding ortho intramolecular Hbond substituents is 1. The number of allylic oxidation sites excluding steroid dienone is 2. The van der Waals surface area contributed by atoms with Gasteiger partial charge in [0.25, 0.3) is 0 Å². The zero-order chi connectivity index (χ0) is 12.5. The second-order valence-corrected chi connectivity index (χ2v) is 4.98. The Labute approximate surface area is 104 Å². The lowest BCUT2D eigenvalue weighted by Crippen LogP contribution is -1.97. The number of benzene rings is 1. The average molecular weight is 236 g/mol. The fourth-order valence-corrected chi connectivity index (χ4v) is 2.17. The predicted molar refractivity (Wildman–Crippen MR) is 72.7 cm³/mol. The maximum atomic E-state index is 10.0. The molecule has 0 saturated carbocycles. The maximum absolute atomic E-state index is 10.0. The third-order valence-electron chi connectivity index (χ3n) is 3.08. The van der Waals surface area contributed by atoms with Crippen LogP contribution in [0.2, 0.25) is 0 Å². The summed E-state index contributed by atoms with van der Waals surface area (Å²) >= 11 is 4.56. The zero-order valence-electron chi connectivity index (χ0n) is 10.7. The highest BCUT2D eigenvalue weighted by Gasteiger charge is 2.13. The van der Waals surface area contributed by atoms with Crippen LogP contribution in [0, 0.1) is 20.8 Å². The van der Waals surface area contributed by atoms with Crippen molar-refractivity contribution in [3.05, 3.63) is 33.9 Å². The van der Waals surface area contributed by atoms with Crippen molar-refractivity contribution in [1.82, 2.24) is 0 Å². The third kappa shape index (κ3) is 2.43. The van der Waals surface area contributed by atoms with Gasteiger partial charge in [-0.05, 0) is 63.3 Å². The topological polar surface area (TPSA) is 20.2 Å². The average Bonchev–Trinajstić information content (AvgIpc) is 2.23. The van der Waals surface area contributed by atoms with E-state index in [1.165, 1.54) is 5.57 Å². The summed E-state index contributed by atoms with van der Waals surface area (Å²) in [6, 6.07) is 0. The molecule has 0 unspecified atom stereocenters. The Balaban J connectivity index is 3.34. The van der Waals surface area contributed by atoms with E-state index in [1.54, 1.807) is 0 Å². The summed E-state index contributed by atoms with van der Waals surface area (Å²) in [5, 5.41) is 10.0. The number of aromatic hydroxyl groups is 1. The Bertz CT molecular complexity index is 412. The van der Waals surface area contributed by atoms with Gasteiger partial charge in [0.1, 0.15) is 5.75 Å². The molecule has 0 aliphatic rings. The SMILES string of the molecule is CC(C)=CCc1c(C)c(O)c(C)c(C)c1S. The Hall–Kier alpha value is -0.890. The molecule has 2 heteroatoms. The van der Waals surface area contributed by atoms with Crippen LogP contribution in [0.15, 0.2) is 16.5 Å². The van der Waals surface area contributed by atoms with Crippen molar-refractivity contribution in [3.63, 3.8) is 0 Å². The van der Waals surface area contributed by atoms with E-state index in [1.807, 2.05) is 20.8 Å². The van der Waals surface area contributed by atoms with E-state index in [9.17, 15) is 5.11 Å². The summed E-state index contributed by atoms with van der Waals surface area (Å²) < 4.78 is 0. The lowest BCUT2D eigenvalue weighted by atomic mass is 9.96. The largest absolute Gasteiger partial charge is 0.507 e. The molecular formula is C14H20OS. The van der Waals surface area contributed by atoms with Gasteiger partial charge in [-0.3, -0.25) is 0 Å². The molecule has 0 amide bonds. The van der Waals surface area contributed by atoms with Crippen LogP contribution in [-0.4, -0.2) is 5.11 Å². The molecule has 0 fully saturated rings. The van der Waals surface area contributed by atoms with E-state index in [4.69, 9.17) is 0 Å². The molecule has 0 spiro atoms. The molecule has 1 aromatic rings. The minimum absolute atomic E-state index is 0.410. The number of phenols is 1. The van der Waals surface area contributed by atoms with Crippen molar-refractivity contribution in [2.45, 2.75) is 45.9 Å². The molecule has 0 atom stereocenters. The number of hydrogen-bond donors (Lipinski definition) is 2. The van der Waals surface area contributed by atoms with Crippen LogP contribution >= 0.6 is 12.6 Å². The quantitative estimate of drug-likeness (QED) is 0.585. The first-order valence-corrected chi connectivity index (χ1v) is 5.94. The Kier molecular flexibility index (Phi) is 4.09. The molecule has 1 rings (SSSR count). The van der Waals surface area contributed by atoms with E-state index in [0.29, 0.717) is 5.75 Å². The van der Waals surface area contributed by atoms with E-state index in [-0.39, 0.29) is 0 Å². The van der Waals surface area contributed by atoms with Gasteiger partial charge in [0, 0.05) is 4.90 Å². The highest BCUT2D eigenvalue weighted by atomic mass is 32.1. The van der Waals surface area contributed by atoms with Gasteiger partial charge in [-0.15, -0.1) is 12.6 Å². The zero-order valence-corrected chi connectivity index (χ0v) is 11.6. The highest BCUT2D eigenvalue weighted by molar-refractivity contribution is 7.80. The fourth-order valence-electron chi connectivity index (χ4n) is 1.74. The standard InChI is InChI=1S/C14H20OS/c1-8(2)6-7-12-11(5)13(15)9(3)10(4)14(12)16/h6,15-16H,7H2,1-5H3. The van der Waals surface area contributed by atoms with Crippen molar-refractivity contribution >= 4 is 12.6 Å². The van der Waals surface area contributed by atoms with Gasteiger partial charge in [-0.1, -0.05) is 11.6 Å². The Morgan fingerprint density at radius 2 is 1.69 bits per heavy atom. The number of rotatable bonds is 2. The van der Waals surface area contributed by atoms with Crippen LogP contribution < -0.4 is 0 Å².